The van der Waals surface area contributed by atoms with Gasteiger partial charge in [-0.15, -0.1) is 0 Å². The van der Waals surface area contributed by atoms with Gasteiger partial charge in [0, 0.05) is 70.2 Å². The van der Waals surface area contributed by atoms with Gasteiger partial charge in [-0.1, -0.05) is 0 Å². The molecule has 0 saturated carbocycles. The number of piperidine rings is 1. The van der Waals surface area contributed by atoms with Crippen LogP contribution >= 0.6 is 12.2 Å². The van der Waals surface area contributed by atoms with Crippen LogP contribution in [0, 0.1) is 5.82 Å². The summed E-state index contributed by atoms with van der Waals surface area (Å²) in [6, 6.07) is 7.20. The molecule has 12 heteroatoms. The minimum Gasteiger partial charge on any atom is -0.454 e. The minimum atomic E-state index is -0.630. The lowest BCUT2D eigenvalue weighted by atomic mass is 10.0. The fourth-order valence-corrected chi connectivity index (χ4v) is 4.15. The van der Waals surface area contributed by atoms with E-state index in [9.17, 15) is 14.0 Å². The van der Waals surface area contributed by atoms with E-state index in [2.05, 4.69) is 44.8 Å². The van der Waals surface area contributed by atoms with Crippen LogP contribution in [0.2, 0.25) is 0 Å². The first-order chi connectivity index (χ1) is 17.6. The molecule has 0 radical (unpaired) electrons. The molecule has 3 amide bonds. The van der Waals surface area contributed by atoms with Crippen molar-refractivity contribution in [2.24, 2.45) is 0 Å². The van der Waals surface area contributed by atoms with E-state index < -0.39 is 5.82 Å². The first kappa shape index (κ1) is 28.2. The van der Waals surface area contributed by atoms with Gasteiger partial charge in [-0.05, 0) is 57.4 Å². The molecule has 1 saturated heterocycles. The molecule has 0 bridgehead atoms. The molecule has 37 heavy (non-hydrogen) atoms. The molecule has 2 heterocycles. The van der Waals surface area contributed by atoms with Gasteiger partial charge in [-0.25, -0.2) is 14.2 Å². The Morgan fingerprint density at radius 2 is 1.89 bits per heavy atom. The highest BCUT2D eigenvalue weighted by Crippen LogP contribution is 2.28. The Bertz CT molecular complexity index is 1110. The number of likely N-dealkylation sites (N-methyl/N-ethyl adjacent to an activating group) is 1. The van der Waals surface area contributed by atoms with Crippen LogP contribution in [0.3, 0.4) is 0 Å². The Morgan fingerprint density at radius 3 is 2.54 bits per heavy atom. The van der Waals surface area contributed by atoms with Gasteiger partial charge in [0.05, 0.1) is 0 Å². The Labute approximate surface area is 222 Å². The lowest BCUT2D eigenvalue weighted by molar-refractivity contribution is -0.117. The van der Waals surface area contributed by atoms with Gasteiger partial charge in [0.25, 0.3) is 0 Å². The number of carbonyl (C=O) groups is 2. The fourth-order valence-electron chi connectivity index (χ4n) is 3.89. The topological polar surface area (TPSA) is 102 Å². The molecular weight excluding hydrogens is 497 g/mol. The number of aromatic nitrogens is 1. The SMILES string of the molecule is CC(=O)NC(=S)Nc1ccc(Oc2ccnc(NC(=O)N(C)C3CCN(CCN(C)C)CC3)c2)c(F)c1. The zero-order valence-corrected chi connectivity index (χ0v) is 22.4. The molecule has 200 valence electrons. The van der Waals surface area contributed by atoms with Crippen molar-refractivity contribution in [3.8, 4) is 11.5 Å². The molecular formula is C25H34FN7O3S. The Balaban J connectivity index is 1.54. The molecule has 1 aliphatic heterocycles. The number of hydrogen-bond donors (Lipinski definition) is 3. The number of thiocarbonyl (C=S) groups is 1. The standard InChI is InChI=1S/C25H34FN7O3S/c1-17(34)28-24(37)29-18-5-6-22(21(26)15-18)36-20-7-10-27-23(16-20)30-25(35)32(4)19-8-11-33(12-9-19)14-13-31(2)3/h5-7,10,15-16,19H,8-9,11-14H2,1-4H3,(H,27,30,35)(H2,28,29,34,37). The number of rotatable bonds is 8. The molecule has 1 aromatic heterocycles. The highest BCUT2D eigenvalue weighted by molar-refractivity contribution is 7.80. The van der Waals surface area contributed by atoms with Crippen molar-refractivity contribution in [1.82, 2.24) is 25.0 Å². The van der Waals surface area contributed by atoms with Gasteiger partial charge < -0.3 is 30.1 Å². The van der Waals surface area contributed by atoms with E-state index in [1.54, 1.807) is 24.1 Å². The van der Waals surface area contributed by atoms with Crippen molar-refractivity contribution in [3.05, 3.63) is 42.3 Å². The first-order valence-corrected chi connectivity index (χ1v) is 12.4. The van der Waals surface area contributed by atoms with Crippen LogP contribution in [0.4, 0.5) is 20.7 Å². The number of benzene rings is 1. The lowest BCUT2D eigenvalue weighted by Gasteiger charge is -2.37. The second-order valence-electron chi connectivity index (χ2n) is 9.18. The zero-order valence-electron chi connectivity index (χ0n) is 21.6. The number of carbonyl (C=O) groups excluding carboxylic acids is 2. The second-order valence-corrected chi connectivity index (χ2v) is 9.58. The third kappa shape index (κ3) is 8.92. The maximum Gasteiger partial charge on any atom is 0.323 e. The van der Waals surface area contributed by atoms with Crippen LogP contribution in [0.25, 0.3) is 0 Å². The average Bonchev–Trinajstić information content (AvgIpc) is 2.84. The van der Waals surface area contributed by atoms with Crippen LogP contribution in [0.5, 0.6) is 11.5 Å². The summed E-state index contributed by atoms with van der Waals surface area (Å²) in [6.07, 6.45) is 3.30. The third-order valence-corrected chi connectivity index (χ3v) is 6.17. The quantitative estimate of drug-likeness (QED) is 0.446. The van der Waals surface area contributed by atoms with Gasteiger partial charge in [0.1, 0.15) is 11.6 Å². The molecule has 3 N–H and O–H groups in total. The molecule has 0 spiro atoms. The van der Waals surface area contributed by atoms with Crippen molar-refractivity contribution < 1.29 is 18.7 Å². The number of ether oxygens (including phenoxy) is 1. The first-order valence-electron chi connectivity index (χ1n) is 12.0. The van der Waals surface area contributed by atoms with Gasteiger partial charge in [0.2, 0.25) is 5.91 Å². The van der Waals surface area contributed by atoms with E-state index in [0.29, 0.717) is 17.3 Å². The predicted octanol–water partition coefficient (Wildman–Crippen LogP) is 3.34. The van der Waals surface area contributed by atoms with E-state index in [1.807, 2.05) is 0 Å². The van der Waals surface area contributed by atoms with Gasteiger partial charge in [0.15, 0.2) is 16.7 Å². The number of pyridine rings is 1. The molecule has 1 aromatic carbocycles. The maximum absolute atomic E-state index is 14.6. The highest BCUT2D eigenvalue weighted by atomic mass is 32.1. The maximum atomic E-state index is 14.6. The number of halogens is 1. The monoisotopic (exact) mass is 531 g/mol. The zero-order chi connectivity index (χ0) is 26.9. The molecule has 1 aliphatic rings. The Kier molecular flexibility index (Phi) is 10.1. The Morgan fingerprint density at radius 1 is 1.16 bits per heavy atom. The van der Waals surface area contributed by atoms with Gasteiger partial charge in [-0.3, -0.25) is 10.1 Å². The Hall–Kier alpha value is -3.35. The molecule has 0 aliphatic carbocycles. The smallest absolute Gasteiger partial charge is 0.323 e. The summed E-state index contributed by atoms with van der Waals surface area (Å²) in [5, 5.41) is 7.99. The van der Waals surface area contributed by atoms with Gasteiger partial charge >= 0.3 is 6.03 Å². The molecule has 0 unspecified atom stereocenters. The largest absolute Gasteiger partial charge is 0.454 e. The molecule has 1 fully saturated rings. The predicted molar refractivity (Wildman–Crippen MR) is 146 cm³/mol. The van der Waals surface area contributed by atoms with Crippen molar-refractivity contribution in [1.29, 1.82) is 0 Å². The number of nitrogens with zero attached hydrogens (tertiary/aromatic N) is 4. The van der Waals surface area contributed by atoms with Crippen molar-refractivity contribution in [2.75, 3.05) is 58.0 Å². The van der Waals surface area contributed by atoms with E-state index in [4.69, 9.17) is 17.0 Å². The van der Waals surface area contributed by atoms with Crippen LogP contribution in [0.15, 0.2) is 36.5 Å². The van der Waals surface area contributed by atoms with E-state index in [1.165, 1.54) is 31.3 Å². The molecule has 10 nitrogen and oxygen atoms in total. The third-order valence-electron chi connectivity index (χ3n) is 5.96. The summed E-state index contributed by atoms with van der Waals surface area (Å²) in [6.45, 7) is 5.28. The summed E-state index contributed by atoms with van der Waals surface area (Å²) < 4.78 is 20.3. The van der Waals surface area contributed by atoms with Crippen LogP contribution in [0.1, 0.15) is 19.8 Å². The summed E-state index contributed by atoms with van der Waals surface area (Å²) in [5.41, 5.74) is 0.359. The van der Waals surface area contributed by atoms with Crippen LogP contribution in [-0.4, -0.2) is 90.1 Å². The van der Waals surface area contributed by atoms with Crippen LogP contribution in [-0.2, 0) is 4.79 Å². The van der Waals surface area contributed by atoms with E-state index in [-0.39, 0.29) is 28.8 Å². The van der Waals surface area contributed by atoms with Crippen molar-refractivity contribution in [2.45, 2.75) is 25.8 Å². The van der Waals surface area contributed by atoms with E-state index >= 15 is 0 Å². The number of urea groups is 1. The molecule has 0 atom stereocenters. The molecule has 3 rings (SSSR count). The number of likely N-dealkylation sites (tertiary alicyclic amines) is 1. The average molecular weight is 532 g/mol. The summed E-state index contributed by atoms with van der Waals surface area (Å²) in [5.74, 6) is -0.356. The number of nitrogens with one attached hydrogen (secondary N) is 3. The lowest BCUT2D eigenvalue weighted by Crippen LogP contribution is -2.48. The fraction of sp³-hybridized carbons (Fsp3) is 0.440. The number of amides is 3. The van der Waals surface area contributed by atoms with Gasteiger partial charge in [-0.2, -0.15) is 0 Å². The summed E-state index contributed by atoms with van der Waals surface area (Å²) in [4.78, 5) is 34.4. The van der Waals surface area contributed by atoms with Crippen molar-refractivity contribution >= 4 is 40.8 Å². The number of anilines is 2. The number of hydrogen-bond acceptors (Lipinski definition) is 7. The minimum absolute atomic E-state index is 0.0161. The van der Waals surface area contributed by atoms with E-state index in [0.717, 1.165) is 39.0 Å². The summed E-state index contributed by atoms with van der Waals surface area (Å²) >= 11 is 4.98. The highest BCUT2D eigenvalue weighted by Gasteiger charge is 2.25. The normalized spacial score (nSPS) is 14.2. The molecule has 2 aromatic rings. The van der Waals surface area contributed by atoms with Crippen LogP contribution < -0.4 is 20.7 Å². The second kappa shape index (κ2) is 13.3. The summed E-state index contributed by atoms with van der Waals surface area (Å²) in [7, 11) is 5.92. The van der Waals surface area contributed by atoms with Crippen molar-refractivity contribution in [3.63, 3.8) is 0 Å².